The zero-order chi connectivity index (χ0) is 13.9. The number of rotatable bonds is 4. The van der Waals surface area contributed by atoms with Gasteiger partial charge in [-0.05, 0) is 31.5 Å². The van der Waals surface area contributed by atoms with Gasteiger partial charge in [0.2, 0.25) is 0 Å². The maximum Gasteiger partial charge on any atom is 0.172 e. The van der Waals surface area contributed by atoms with Crippen molar-refractivity contribution in [1.82, 2.24) is 0 Å². The second-order valence-corrected chi connectivity index (χ2v) is 5.05. The van der Waals surface area contributed by atoms with Gasteiger partial charge in [0, 0.05) is 5.56 Å². The quantitative estimate of drug-likeness (QED) is 0.774. The Hall–Kier alpha value is -2.09. The molecule has 19 heavy (non-hydrogen) atoms. The lowest BCUT2D eigenvalue weighted by molar-refractivity contribution is 0.0908. The molecule has 2 nitrogen and oxygen atoms in total. The number of carbonyl (C=O) groups excluding carboxylic acids is 1. The molecule has 0 radical (unpaired) electrons. The Labute approximate surface area is 114 Å². The summed E-state index contributed by atoms with van der Waals surface area (Å²) in [6, 6.07) is 17.1. The van der Waals surface area contributed by atoms with Gasteiger partial charge in [0.1, 0.15) is 5.75 Å². The summed E-state index contributed by atoms with van der Waals surface area (Å²) in [7, 11) is 1.60. The molecule has 0 fully saturated rings. The van der Waals surface area contributed by atoms with Crippen molar-refractivity contribution >= 4 is 5.78 Å². The summed E-state index contributed by atoms with van der Waals surface area (Å²) >= 11 is 0. The van der Waals surface area contributed by atoms with Crippen LogP contribution in [0.5, 0.6) is 5.75 Å². The van der Waals surface area contributed by atoms with E-state index in [0.29, 0.717) is 11.3 Å². The van der Waals surface area contributed by atoms with Crippen LogP contribution in [0.4, 0.5) is 0 Å². The summed E-state index contributed by atoms with van der Waals surface area (Å²) in [5.74, 6) is 0.798. The number of methoxy groups -OCH3 is 1. The first kappa shape index (κ1) is 13.3. The molecular formula is C17H18O2. The molecule has 2 heteroatoms. The van der Waals surface area contributed by atoms with Gasteiger partial charge >= 0.3 is 0 Å². The first-order valence-corrected chi connectivity index (χ1v) is 6.30. The fourth-order valence-electron chi connectivity index (χ4n) is 2.11. The number of hydrogen-bond acceptors (Lipinski definition) is 2. The molecule has 0 bridgehead atoms. The molecule has 0 unspecified atom stereocenters. The van der Waals surface area contributed by atoms with Gasteiger partial charge < -0.3 is 4.74 Å². The molecule has 0 N–H and O–H groups in total. The number of Topliss-reactive ketones (excluding diaryl/α,β-unsaturated/α-hetero) is 1. The Kier molecular flexibility index (Phi) is 3.70. The molecule has 0 aliphatic carbocycles. The van der Waals surface area contributed by atoms with E-state index in [2.05, 4.69) is 0 Å². The fourth-order valence-corrected chi connectivity index (χ4v) is 2.11. The summed E-state index contributed by atoms with van der Waals surface area (Å²) < 4.78 is 5.17. The largest absolute Gasteiger partial charge is 0.497 e. The molecule has 0 saturated heterocycles. The first-order valence-electron chi connectivity index (χ1n) is 6.30. The molecule has 0 heterocycles. The van der Waals surface area contributed by atoms with Crippen LogP contribution in [-0.2, 0) is 5.41 Å². The summed E-state index contributed by atoms with van der Waals surface area (Å²) in [4.78, 5) is 12.7. The molecule has 0 amide bonds. The molecule has 0 spiro atoms. The van der Waals surface area contributed by atoms with Crippen molar-refractivity contribution < 1.29 is 9.53 Å². The number of ketones is 1. The second kappa shape index (κ2) is 5.27. The molecule has 0 aliphatic heterocycles. The topological polar surface area (TPSA) is 26.3 Å². The average molecular weight is 254 g/mol. The Morgan fingerprint density at radius 1 is 1.00 bits per heavy atom. The van der Waals surface area contributed by atoms with Gasteiger partial charge in [0.25, 0.3) is 0 Å². The van der Waals surface area contributed by atoms with Crippen LogP contribution >= 0.6 is 0 Å². The normalized spacial score (nSPS) is 11.1. The minimum atomic E-state index is -0.548. The van der Waals surface area contributed by atoms with Crippen molar-refractivity contribution in [1.29, 1.82) is 0 Å². The predicted octanol–water partition coefficient (Wildman–Crippen LogP) is 3.86. The SMILES string of the molecule is COc1cccc(C(=O)C(C)(C)c2ccccc2)c1. The Morgan fingerprint density at radius 2 is 1.68 bits per heavy atom. The van der Waals surface area contributed by atoms with Gasteiger partial charge in [0.15, 0.2) is 5.78 Å². The fraction of sp³-hybridized carbons (Fsp3) is 0.235. The molecule has 0 aliphatic rings. The molecule has 2 rings (SSSR count). The van der Waals surface area contributed by atoms with E-state index < -0.39 is 5.41 Å². The first-order chi connectivity index (χ1) is 9.05. The molecule has 2 aromatic rings. The molecule has 2 aromatic carbocycles. The highest BCUT2D eigenvalue weighted by atomic mass is 16.5. The van der Waals surface area contributed by atoms with Crippen molar-refractivity contribution in [2.24, 2.45) is 0 Å². The van der Waals surface area contributed by atoms with Gasteiger partial charge in [-0.15, -0.1) is 0 Å². The zero-order valence-corrected chi connectivity index (χ0v) is 11.5. The number of carbonyl (C=O) groups is 1. The van der Waals surface area contributed by atoms with E-state index in [1.807, 2.05) is 62.4 Å². The maximum absolute atomic E-state index is 12.7. The summed E-state index contributed by atoms with van der Waals surface area (Å²) in [6.45, 7) is 3.90. The van der Waals surface area contributed by atoms with Crippen LogP contribution in [0.2, 0.25) is 0 Å². The smallest absolute Gasteiger partial charge is 0.172 e. The van der Waals surface area contributed by atoms with Gasteiger partial charge in [-0.1, -0.05) is 42.5 Å². The van der Waals surface area contributed by atoms with E-state index in [9.17, 15) is 4.79 Å². The molecule has 0 atom stereocenters. The number of benzene rings is 2. The van der Waals surface area contributed by atoms with Gasteiger partial charge in [-0.2, -0.15) is 0 Å². The molecular weight excluding hydrogens is 236 g/mol. The predicted molar refractivity (Wildman–Crippen MR) is 76.8 cm³/mol. The third kappa shape index (κ3) is 2.68. The van der Waals surface area contributed by atoms with E-state index in [1.165, 1.54) is 0 Å². The monoisotopic (exact) mass is 254 g/mol. The molecule has 0 saturated carbocycles. The zero-order valence-electron chi connectivity index (χ0n) is 11.5. The molecule has 98 valence electrons. The van der Waals surface area contributed by atoms with Gasteiger partial charge in [0.05, 0.1) is 12.5 Å². The Bertz CT molecular complexity index is 571. The van der Waals surface area contributed by atoms with Crippen molar-refractivity contribution in [3.8, 4) is 5.75 Å². The van der Waals surface area contributed by atoms with Crippen LogP contribution in [0.3, 0.4) is 0 Å². The van der Waals surface area contributed by atoms with Crippen LogP contribution in [0.25, 0.3) is 0 Å². The maximum atomic E-state index is 12.7. The van der Waals surface area contributed by atoms with Crippen molar-refractivity contribution in [2.75, 3.05) is 7.11 Å². The summed E-state index contributed by atoms with van der Waals surface area (Å²) in [5.41, 5.74) is 1.14. The van der Waals surface area contributed by atoms with Gasteiger partial charge in [-0.3, -0.25) is 4.79 Å². The lowest BCUT2D eigenvalue weighted by Gasteiger charge is -2.24. The van der Waals surface area contributed by atoms with E-state index in [-0.39, 0.29) is 5.78 Å². The third-order valence-electron chi connectivity index (χ3n) is 3.40. The summed E-state index contributed by atoms with van der Waals surface area (Å²) in [5, 5.41) is 0. The van der Waals surface area contributed by atoms with E-state index in [0.717, 1.165) is 5.56 Å². The van der Waals surface area contributed by atoms with Crippen molar-refractivity contribution in [2.45, 2.75) is 19.3 Å². The van der Waals surface area contributed by atoms with Crippen molar-refractivity contribution in [3.05, 3.63) is 65.7 Å². The second-order valence-electron chi connectivity index (χ2n) is 5.05. The van der Waals surface area contributed by atoms with Crippen LogP contribution in [-0.4, -0.2) is 12.9 Å². The third-order valence-corrected chi connectivity index (χ3v) is 3.40. The average Bonchev–Trinajstić information content (AvgIpc) is 2.47. The van der Waals surface area contributed by atoms with E-state index in [4.69, 9.17) is 4.74 Å². The van der Waals surface area contributed by atoms with E-state index >= 15 is 0 Å². The standard InChI is InChI=1S/C17H18O2/c1-17(2,14-9-5-4-6-10-14)16(18)13-8-7-11-15(12-13)19-3/h4-12H,1-3H3. The molecule has 0 aromatic heterocycles. The van der Waals surface area contributed by atoms with Crippen LogP contribution in [0.1, 0.15) is 29.8 Å². The van der Waals surface area contributed by atoms with Crippen LogP contribution in [0.15, 0.2) is 54.6 Å². The number of hydrogen-bond donors (Lipinski definition) is 0. The van der Waals surface area contributed by atoms with Crippen LogP contribution < -0.4 is 4.74 Å². The highest BCUT2D eigenvalue weighted by Crippen LogP contribution is 2.28. The minimum Gasteiger partial charge on any atom is -0.497 e. The lowest BCUT2D eigenvalue weighted by atomic mass is 9.78. The Morgan fingerprint density at radius 3 is 2.32 bits per heavy atom. The Balaban J connectivity index is 2.37. The van der Waals surface area contributed by atoms with E-state index in [1.54, 1.807) is 13.2 Å². The highest BCUT2D eigenvalue weighted by molar-refractivity contribution is 6.03. The van der Waals surface area contributed by atoms with Crippen molar-refractivity contribution in [3.63, 3.8) is 0 Å². The highest BCUT2D eigenvalue weighted by Gasteiger charge is 2.30. The minimum absolute atomic E-state index is 0.0950. The lowest BCUT2D eigenvalue weighted by Crippen LogP contribution is -2.29. The van der Waals surface area contributed by atoms with Crippen LogP contribution in [0, 0.1) is 0 Å². The summed E-state index contributed by atoms with van der Waals surface area (Å²) in [6.07, 6.45) is 0. The van der Waals surface area contributed by atoms with Gasteiger partial charge in [-0.25, -0.2) is 0 Å². The number of ether oxygens (including phenoxy) is 1.